The Morgan fingerprint density at radius 3 is 2.48 bits per heavy atom. The zero-order valence-corrected chi connectivity index (χ0v) is 14.0. The van der Waals surface area contributed by atoms with Crippen molar-refractivity contribution in [2.24, 2.45) is 0 Å². The molecule has 0 atom stereocenters. The fourth-order valence-corrected chi connectivity index (χ4v) is 3.20. The second-order valence-corrected chi connectivity index (χ2v) is 6.19. The van der Waals surface area contributed by atoms with Gasteiger partial charge in [0.25, 0.3) is 0 Å². The van der Waals surface area contributed by atoms with Crippen molar-refractivity contribution >= 4 is 50.4 Å². The third kappa shape index (κ3) is 2.70. The van der Waals surface area contributed by atoms with E-state index in [0.29, 0.717) is 0 Å². The first-order valence-corrected chi connectivity index (χ1v) is 8.09. The number of halogens is 1. The van der Waals surface area contributed by atoms with Gasteiger partial charge in [0.2, 0.25) is 0 Å². The van der Waals surface area contributed by atoms with Crippen molar-refractivity contribution in [1.29, 1.82) is 0 Å². The SMILES string of the molecule is CCN(c1ccc(I)cc1N)c1cccc2ccccc12. The minimum Gasteiger partial charge on any atom is -0.397 e. The molecule has 0 spiro atoms. The molecule has 21 heavy (non-hydrogen) atoms. The summed E-state index contributed by atoms with van der Waals surface area (Å²) in [4.78, 5) is 2.27. The van der Waals surface area contributed by atoms with Crippen LogP contribution in [0.4, 0.5) is 17.1 Å². The Morgan fingerprint density at radius 2 is 1.71 bits per heavy atom. The quantitative estimate of drug-likeness (QED) is 0.495. The van der Waals surface area contributed by atoms with Gasteiger partial charge in [-0.3, -0.25) is 0 Å². The second-order valence-electron chi connectivity index (χ2n) is 4.95. The van der Waals surface area contributed by atoms with E-state index in [1.54, 1.807) is 0 Å². The summed E-state index contributed by atoms with van der Waals surface area (Å²) in [6.07, 6.45) is 0. The third-order valence-electron chi connectivity index (χ3n) is 3.65. The van der Waals surface area contributed by atoms with Crippen LogP contribution in [0, 0.1) is 3.57 Å². The second kappa shape index (κ2) is 5.93. The number of hydrogen-bond donors (Lipinski definition) is 1. The lowest BCUT2D eigenvalue weighted by Gasteiger charge is -2.26. The molecule has 3 aromatic carbocycles. The van der Waals surface area contributed by atoms with Gasteiger partial charge < -0.3 is 10.6 Å². The van der Waals surface area contributed by atoms with Crippen LogP contribution in [0.3, 0.4) is 0 Å². The van der Waals surface area contributed by atoms with Crippen LogP contribution in [-0.4, -0.2) is 6.54 Å². The Labute approximate surface area is 138 Å². The molecule has 0 radical (unpaired) electrons. The van der Waals surface area contributed by atoms with Crippen molar-refractivity contribution in [2.75, 3.05) is 17.2 Å². The molecule has 0 aliphatic heterocycles. The van der Waals surface area contributed by atoms with Crippen molar-refractivity contribution in [3.8, 4) is 0 Å². The van der Waals surface area contributed by atoms with Crippen molar-refractivity contribution < 1.29 is 0 Å². The molecule has 0 aromatic heterocycles. The van der Waals surface area contributed by atoms with Crippen LogP contribution in [0.5, 0.6) is 0 Å². The van der Waals surface area contributed by atoms with E-state index >= 15 is 0 Å². The van der Waals surface area contributed by atoms with E-state index in [4.69, 9.17) is 5.73 Å². The van der Waals surface area contributed by atoms with E-state index in [1.165, 1.54) is 16.5 Å². The number of benzene rings is 3. The van der Waals surface area contributed by atoms with Crippen LogP contribution in [-0.2, 0) is 0 Å². The lowest BCUT2D eigenvalue weighted by Crippen LogP contribution is -2.17. The van der Waals surface area contributed by atoms with Crippen LogP contribution in [0.1, 0.15) is 6.92 Å². The minimum absolute atomic E-state index is 0.816. The minimum atomic E-state index is 0.816. The highest BCUT2D eigenvalue weighted by atomic mass is 127. The van der Waals surface area contributed by atoms with E-state index < -0.39 is 0 Å². The monoisotopic (exact) mass is 388 g/mol. The van der Waals surface area contributed by atoms with E-state index in [2.05, 4.69) is 89.0 Å². The summed E-state index contributed by atoms with van der Waals surface area (Å²) in [6.45, 7) is 3.03. The fraction of sp³-hybridized carbons (Fsp3) is 0.111. The van der Waals surface area contributed by atoms with Gasteiger partial charge in [0.05, 0.1) is 11.4 Å². The molecule has 0 bridgehead atoms. The third-order valence-corrected chi connectivity index (χ3v) is 4.33. The number of nitrogens with zero attached hydrogens (tertiary/aromatic N) is 1. The number of rotatable bonds is 3. The maximum atomic E-state index is 6.23. The molecule has 3 heteroatoms. The molecule has 0 saturated carbocycles. The van der Waals surface area contributed by atoms with E-state index in [9.17, 15) is 0 Å². The van der Waals surface area contributed by atoms with E-state index in [0.717, 1.165) is 21.5 Å². The number of anilines is 3. The summed E-state index contributed by atoms with van der Waals surface area (Å²) in [5, 5.41) is 2.50. The van der Waals surface area contributed by atoms with Crippen LogP contribution in [0.25, 0.3) is 10.8 Å². The first-order chi connectivity index (χ1) is 10.2. The Kier molecular flexibility index (Phi) is 4.01. The summed E-state index contributed by atoms with van der Waals surface area (Å²) in [5.41, 5.74) is 9.31. The molecule has 0 saturated heterocycles. The molecule has 0 aliphatic rings. The molecule has 3 aromatic rings. The first kappa shape index (κ1) is 14.2. The van der Waals surface area contributed by atoms with Gasteiger partial charge in [-0.2, -0.15) is 0 Å². The molecule has 0 unspecified atom stereocenters. The normalized spacial score (nSPS) is 10.8. The van der Waals surface area contributed by atoms with Crippen molar-refractivity contribution in [2.45, 2.75) is 6.92 Å². The average Bonchev–Trinajstić information content (AvgIpc) is 2.50. The number of nitrogen functional groups attached to an aromatic ring is 1. The molecule has 0 heterocycles. The number of hydrogen-bond acceptors (Lipinski definition) is 2. The Balaban J connectivity index is 2.18. The maximum absolute atomic E-state index is 6.23. The average molecular weight is 388 g/mol. The summed E-state index contributed by atoms with van der Waals surface area (Å²) < 4.78 is 1.16. The largest absolute Gasteiger partial charge is 0.397 e. The van der Waals surface area contributed by atoms with Crippen LogP contribution in [0.15, 0.2) is 60.7 Å². The molecule has 0 fully saturated rings. The topological polar surface area (TPSA) is 29.3 Å². The predicted octanol–water partition coefficient (Wildman–Crippen LogP) is 5.18. The van der Waals surface area contributed by atoms with E-state index in [-0.39, 0.29) is 0 Å². The Hall–Kier alpha value is -1.75. The lowest BCUT2D eigenvalue weighted by molar-refractivity contribution is 1.03. The standard InChI is InChI=1S/C18H17IN2/c1-2-21(18-11-10-14(19)12-16(18)20)17-9-5-7-13-6-3-4-8-15(13)17/h3-12H,2,20H2,1H3. The van der Waals surface area contributed by atoms with E-state index in [1.807, 2.05) is 6.07 Å². The van der Waals surface area contributed by atoms with Gasteiger partial charge in [-0.05, 0) is 59.2 Å². The van der Waals surface area contributed by atoms with Gasteiger partial charge in [-0.1, -0.05) is 36.4 Å². The molecular weight excluding hydrogens is 371 g/mol. The van der Waals surface area contributed by atoms with Crippen LogP contribution in [0.2, 0.25) is 0 Å². The smallest absolute Gasteiger partial charge is 0.0645 e. The number of fused-ring (bicyclic) bond motifs is 1. The zero-order chi connectivity index (χ0) is 14.8. The lowest BCUT2D eigenvalue weighted by atomic mass is 10.1. The maximum Gasteiger partial charge on any atom is 0.0645 e. The number of nitrogens with two attached hydrogens (primary N) is 1. The van der Waals surface area contributed by atoms with Gasteiger partial charge in [-0.25, -0.2) is 0 Å². The molecule has 2 N–H and O–H groups in total. The molecule has 3 rings (SSSR count). The highest BCUT2D eigenvalue weighted by molar-refractivity contribution is 14.1. The van der Waals surface area contributed by atoms with Crippen molar-refractivity contribution in [3.05, 3.63) is 64.2 Å². The molecule has 2 nitrogen and oxygen atoms in total. The van der Waals surface area contributed by atoms with Gasteiger partial charge in [0.15, 0.2) is 0 Å². The van der Waals surface area contributed by atoms with Gasteiger partial charge in [-0.15, -0.1) is 0 Å². The van der Waals surface area contributed by atoms with Gasteiger partial charge in [0.1, 0.15) is 0 Å². The van der Waals surface area contributed by atoms with Crippen molar-refractivity contribution in [3.63, 3.8) is 0 Å². The van der Waals surface area contributed by atoms with Crippen LogP contribution < -0.4 is 10.6 Å². The molecule has 0 amide bonds. The molecule has 0 aliphatic carbocycles. The fourth-order valence-electron chi connectivity index (χ4n) is 2.69. The Morgan fingerprint density at radius 1 is 0.952 bits per heavy atom. The first-order valence-electron chi connectivity index (χ1n) is 7.01. The van der Waals surface area contributed by atoms with Crippen LogP contribution >= 0.6 is 22.6 Å². The summed E-state index contributed by atoms with van der Waals surface area (Å²) in [7, 11) is 0. The summed E-state index contributed by atoms with van der Waals surface area (Å²) in [5.74, 6) is 0. The molecular formula is C18H17IN2. The van der Waals surface area contributed by atoms with Gasteiger partial charge >= 0.3 is 0 Å². The highest BCUT2D eigenvalue weighted by Crippen LogP contribution is 2.35. The van der Waals surface area contributed by atoms with Crippen molar-refractivity contribution in [1.82, 2.24) is 0 Å². The predicted molar refractivity (Wildman–Crippen MR) is 100 cm³/mol. The Bertz CT molecular complexity index is 778. The van der Waals surface area contributed by atoms with Gasteiger partial charge in [0, 0.05) is 21.2 Å². The zero-order valence-electron chi connectivity index (χ0n) is 11.9. The molecule has 106 valence electrons. The summed E-state index contributed by atoms with van der Waals surface area (Å²) in [6, 6.07) is 21.1. The highest BCUT2D eigenvalue weighted by Gasteiger charge is 2.13. The summed E-state index contributed by atoms with van der Waals surface area (Å²) >= 11 is 2.29.